The van der Waals surface area contributed by atoms with E-state index in [0.29, 0.717) is 10.2 Å². The van der Waals surface area contributed by atoms with Gasteiger partial charge >= 0.3 is 6.01 Å². The third-order valence-electron chi connectivity index (χ3n) is 1.99. The van der Waals surface area contributed by atoms with Crippen molar-refractivity contribution in [3.63, 3.8) is 0 Å². The van der Waals surface area contributed by atoms with E-state index in [9.17, 15) is 4.39 Å². The van der Waals surface area contributed by atoms with Crippen LogP contribution >= 0.6 is 15.9 Å². The van der Waals surface area contributed by atoms with Gasteiger partial charge in [0.2, 0.25) is 0 Å². The molecule has 1 aromatic heterocycles. The highest BCUT2D eigenvalue weighted by molar-refractivity contribution is 9.10. The number of nitrogens with zero attached hydrogens (tertiary/aromatic N) is 3. The van der Waals surface area contributed by atoms with Gasteiger partial charge in [-0.05, 0) is 25.1 Å². The average molecular weight is 308 g/mol. The first-order valence-electron chi connectivity index (χ1n) is 4.96. The molecule has 0 fully saturated rings. The minimum Gasteiger partial charge on any atom is -0.424 e. The molecule has 0 saturated heterocycles. The highest BCUT2D eigenvalue weighted by atomic mass is 79.9. The third kappa shape index (κ3) is 3.02. The Balaban J connectivity index is 2.34. The van der Waals surface area contributed by atoms with Gasteiger partial charge in [0, 0.05) is 16.2 Å². The maximum absolute atomic E-state index is 13.2. The molecule has 0 bridgehead atoms. The lowest BCUT2D eigenvalue weighted by Gasteiger charge is -2.05. The summed E-state index contributed by atoms with van der Waals surface area (Å²) in [6.07, 6.45) is 0. The summed E-state index contributed by atoms with van der Waals surface area (Å²) in [6, 6.07) is 7.56. The summed E-state index contributed by atoms with van der Waals surface area (Å²) in [4.78, 5) is 7.89. The Kier molecular flexibility index (Phi) is 3.53. The molecular weight excluding hydrogens is 301 g/mol. The van der Waals surface area contributed by atoms with Crippen LogP contribution in [-0.2, 0) is 0 Å². The van der Waals surface area contributed by atoms with Crippen molar-refractivity contribution in [1.82, 2.24) is 9.97 Å². The molecule has 1 heterocycles. The average Bonchev–Trinajstić information content (AvgIpc) is 2.26. The van der Waals surface area contributed by atoms with E-state index in [2.05, 4.69) is 25.9 Å². The Morgan fingerprint density at radius 2 is 2.06 bits per heavy atom. The molecule has 18 heavy (non-hydrogen) atoms. The summed E-state index contributed by atoms with van der Waals surface area (Å²) in [5, 5.41) is 8.78. The summed E-state index contributed by atoms with van der Waals surface area (Å²) in [5.74, 6) is -0.177. The monoisotopic (exact) mass is 307 g/mol. The first-order chi connectivity index (χ1) is 8.56. The molecular formula is C12H7BrFN3O. The maximum atomic E-state index is 13.2. The number of aromatic nitrogens is 2. The zero-order valence-electron chi connectivity index (χ0n) is 9.32. The number of benzene rings is 1. The second kappa shape index (κ2) is 5.10. The molecule has 0 radical (unpaired) electrons. The van der Waals surface area contributed by atoms with Gasteiger partial charge in [-0.3, -0.25) is 0 Å². The van der Waals surface area contributed by atoms with Gasteiger partial charge in [-0.25, -0.2) is 9.37 Å². The summed E-state index contributed by atoms with van der Waals surface area (Å²) in [6.45, 7) is 1.72. The fraction of sp³-hybridized carbons (Fsp3) is 0.0833. The van der Waals surface area contributed by atoms with E-state index in [0.717, 1.165) is 0 Å². The highest BCUT2D eigenvalue weighted by Gasteiger charge is 2.06. The molecule has 0 atom stereocenters. The van der Waals surface area contributed by atoms with Crippen molar-refractivity contribution >= 4 is 15.9 Å². The molecule has 2 aromatic rings. The van der Waals surface area contributed by atoms with Gasteiger partial charge in [0.1, 0.15) is 23.3 Å². The SMILES string of the molecule is Cc1cc(C#N)nc(Oc2cc(F)cc(Br)c2)n1. The van der Waals surface area contributed by atoms with Crippen molar-refractivity contribution in [1.29, 1.82) is 5.26 Å². The fourth-order valence-corrected chi connectivity index (χ4v) is 1.78. The van der Waals surface area contributed by atoms with E-state index in [4.69, 9.17) is 10.00 Å². The first-order valence-corrected chi connectivity index (χ1v) is 5.76. The number of aryl methyl sites for hydroxylation is 1. The van der Waals surface area contributed by atoms with Gasteiger partial charge in [-0.15, -0.1) is 0 Å². The molecule has 90 valence electrons. The molecule has 0 unspecified atom stereocenters. The minimum absolute atomic E-state index is 0.0176. The van der Waals surface area contributed by atoms with Crippen LogP contribution in [0.3, 0.4) is 0 Å². The van der Waals surface area contributed by atoms with Gasteiger partial charge in [0.25, 0.3) is 0 Å². The molecule has 0 amide bonds. The second-order valence-corrected chi connectivity index (χ2v) is 4.41. The van der Waals surface area contributed by atoms with Crippen LogP contribution in [0.15, 0.2) is 28.7 Å². The minimum atomic E-state index is -0.437. The highest BCUT2D eigenvalue weighted by Crippen LogP contribution is 2.24. The largest absolute Gasteiger partial charge is 0.424 e. The Morgan fingerprint density at radius 3 is 2.72 bits per heavy atom. The third-order valence-corrected chi connectivity index (χ3v) is 2.45. The van der Waals surface area contributed by atoms with Crippen LogP contribution in [0.5, 0.6) is 11.8 Å². The van der Waals surface area contributed by atoms with Crippen LogP contribution in [0.25, 0.3) is 0 Å². The first kappa shape index (κ1) is 12.5. The van der Waals surface area contributed by atoms with E-state index in [1.54, 1.807) is 13.0 Å². The Hall–Kier alpha value is -2.00. The molecule has 0 aliphatic heterocycles. The molecule has 6 heteroatoms. The van der Waals surface area contributed by atoms with Crippen LogP contribution in [0.1, 0.15) is 11.4 Å². The predicted molar refractivity (Wildman–Crippen MR) is 65.7 cm³/mol. The lowest BCUT2D eigenvalue weighted by Crippen LogP contribution is -1.96. The predicted octanol–water partition coefficient (Wildman–Crippen LogP) is 3.35. The van der Waals surface area contributed by atoms with Gasteiger partial charge in [-0.1, -0.05) is 15.9 Å². The van der Waals surface area contributed by atoms with Crippen LogP contribution in [0.2, 0.25) is 0 Å². The van der Waals surface area contributed by atoms with Crippen LogP contribution in [-0.4, -0.2) is 9.97 Å². The van der Waals surface area contributed by atoms with Crippen LogP contribution in [0, 0.1) is 24.1 Å². The summed E-state index contributed by atoms with van der Waals surface area (Å²) < 4.78 is 19.0. The summed E-state index contributed by atoms with van der Waals surface area (Å²) in [7, 11) is 0. The molecule has 0 spiro atoms. The molecule has 4 nitrogen and oxygen atoms in total. The maximum Gasteiger partial charge on any atom is 0.323 e. The van der Waals surface area contributed by atoms with Crippen LogP contribution in [0.4, 0.5) is 4.39 Å². The van der Waals surface area contributed by atoms with Crippen molar-refractivity contribution in [2.24, 2.45) is 0 Å². The van der Waals surface area contributed by atoms with E-state index in [1.165, 1.54) is 18.2 Å². The van der Waals surface area contributed by atoms with Gasteiger partial charge < -0.3 is 4.74 Å². The summed E-state index contributed by atoms with van der Waals surface area (Å²) >= 11 is 3.16. The van der Waals surface area contributed by atoms with Crippen molar-refractivity contribution in [2.75, 3.05) is 0 Å². The van der Waals surface area contributed by atoms with E-state index < -0.39 is 5.82 Å². The smallest absolute Gasteiger partial charge is 0.323 e. The molecule has 2 rings (SSSR count). The van der Waals surface area contributed by atoms with Crippen molar-refractivity contribution in [2.45, 2.75) is 6.92 Å². The summed E-state index contributed by atoms with van der Waals surface area (Å²) in [5.41, 5.74) is 0.806. The number of nitriles is 1. The second-order valence-electron chi connectivity index (χ2n) is 3.50. The molecule has 1 aromatic carbocycles. The molecule has 0 aliphatic carbocycles. The van der Waals surface area contributed by atoms with Crippen molar-refractivity contribution in [3.8, 4) is 17.8 Å². The topological polar surface area (TPSA) is 58.8 Å². The molecule has 0 saturated carbocycles. The Bertz CT molecular complexity index is 619. The lowest BCUT2D eigenvalue weighted by atomic mass is 10.3. The van der Waals surface area contributed by atoms with Gasteiger partial charge in [-0.2, -0.15) is 10.2 Å². The molecule has 0 aliphatic rings. The Morgan fingerprint density at radius 1 is 1.28 bits per heavy atom. The number of ether oxygens (including phenoxy) is 1. The van der Waals surface area contributed by atoms with Crippen LogP contribution < -0.4 is 4.74 Å². The number of rotatable bonds is 2. The fourth-order valence-electron chi connectivity index (χ4n) is 1.34. The number of hydrogen-bond donors (Lipinski definition) is 0. The number of halogens is 2. The molecule has 0 N–H and O–H groups in total. The quantitative estimate of drug-likeness (QED) is 0.853. The lowest BCUT2D eigenvalue weighted by molar-refractivity contribution is 0.435. The van der Waals surface area contributed by atoms with E-state index in [1.807, 2.05) is 6.07 Å². The van der Waals surface area contributed by atoms with E-state index >= 15 is 0 Å². The Labute approximate surface area is 111 Å². The normalized spacial score (nSPS) is 9.89. The van der Waals surface area contributed by atoms with Crippen molar-refractivity contribution in [3.05, 3.63) is 45.9 Å². The van der Waals surface area contributed by atoms with Gasteiger partial charge in [0.15, 0.2) is 0 Å². The zero-order chi connectivity index (χ0) is 13.1. The number of hydrogen-bond acceptors (Lipinski definition) is 4. The van der Waals surface area contributed by atoms with Gasteiger partial charge in [0.05, 0.1) is 0 Å². The van der Waals surface area contributed by atoms with Crippen molar-refractivity contribution < 1.29 is 9.13 Å². The zero-order valence-corrected chi connectivity index (χ0v) is 10.9. The standard InChI is InChI=1S/C12H7BrFN3O/c1-7-2-10(6-15)17-12(16-7)18-11-4-8(13)3-9(14)5-11/h2-5H,1H3. The van der Waals surface area contributed by atoms with E-state index in [-0.39, 0.29) is 17.5 Å².